The average Bonchev–Trinajstić information content (AvgIpc) is 2.17. The number of aliphatic hydroxyl groups is 1. The third-order valence-corrected chi connectivity index (χ3v) is 2.07. The number of hydrogen-bond donors (Lipinski definition) is 3. The van der Waals surface area contributed by atoms with Crippen LogP contribution in [0, 0.1) is 12.3 Å². The number of aliphatic hydroxyl groups excluding tert-OH is 1. The number of rotatable bonds is 6. The van der Waals surface area contributed by atoms with E-state index >= 15 is 0 Å². The molecule has 91 valence electrons. The molecule has 0 spiro atoms. The second-order valence-corrected chi connectivity index (χ2v) is 3.31. The minimum atomic E-state index is -0.925. The standard InChI is InChI=1S/C9H16N3O4/c1-6(8(10)15)2-4-12(9(11)16)7(14)3-5-13/h3,6,13H,2,4-5H2,1H3,(H2,10,15)(H2,11,16). The highest BCUT2D eigenvalue weighted by Crippen LogP contribution is 2.04. The molecule has 0 aromatic heterocycles. The zero-order valence-electron chi connectivity index (χ0n) is 9.05. The SMILES string of the molecule is CC(CCN(C(N)=O)C(=O)[CH]CO)C(N)=O. The van der Waals surface area contributed by atoms with Crippen molar-refractivity contribution in [2.24, 2.45) is 17.4 Å². The molecule has 0 heterocycles. The van der Waals surface area contributed by atoms with Crippen molar-refractivity contribution in [2.75, 3.05) is 13.2 Å². The van der Waals surface area contributed by atoms with Crippen LogP contribution in [0.15, 0.2) is 0 Å². The van der Waals surface area contributed by atoms with Crippen LogP contribution in [0.4, 0.5) is 4.79 Å². The summed E-state index contributed by atoms with van der Waals surface area (Å²) in [4.78, 5) is 33.6. The molecule has 7 nitrogen and oxygen atoms in total. The number of imide groups is 1. The maximum Gasteiger partial charge on any atom is 0.321 e. The Labute approximate surface area is 93.4 Å². The maximum absolute atomic E-state index is 11.3. The first-order valence-corrected chi connectivity index (χ1v) is 4.74. The molecule has 0 aliphatic carbocycles. The average molecular weight is 230 g/mol. The minimum absolute atomic E-state index is 0.00519. The largest absolute Gasteiger partial charge is 0.396 e. The maximum atomic E-state index is 11.3. The molecule has 0 aliphatic heterocycles. The van der Waals surface area contributed by atoms with Crippen molar-refractivity contribution in [2.45, 2.75) is 13.3 Å². The van der Waals surface area contributed by atoms with E-state index in [2.05, 4.69) is 0 Å². The van der Waals surface area contributed by atoms with Crippen molar-refractivity contribution in [1.82, 2.24) is 4.90 Å². The first kappa shape index (κ1) is 14.4. The van der Waals surface area contributed by atoms with Gasteiger partial charge in [-0.2, -0.15) is 0 Å². The summed E-state index contributed by atoms with van der Waals surface area (Å²) in [5.41, 5.74) is 10.0. The van der Waals surface area contributed by atoms with Gasteiger partial charge in [0.05, 0.1) is 13.0 Å². The molecule has 0 bridgehead atoms. The minimum Gasteiger partial charge on any atom is -0.396 e. The topological polar surface area (TPSA) is 127 Å². The third-order valence-electron chi connectivity index (χ3n) is 2.07. The normalized spacial score (nSPS) is 11.9. The van der Waals surface area contributed by atoms with Crippen LogP contribution >= 0.6 is 0 Å². The van der Waals surface area contributed by atoms with Gasteiger partial charge in [-0.05, 0) is 6.42 Å². The van der Waals surface area contributed by atoms with Crippen LogP contribution in [0.2, 0.25) is 0 Å². The van der Waals surface area contributed by atoms with Crippen LogP contribution in [0.5, 0.6) is 0 Å². The summed E-state index contributed by atoms with van der Waals surface area (Å²) >= 11 is 0. The zero-order valence-corrected chi connectivity index (χ0v) is 9.05. The Morgan fingerprint density at radius 2 is 1.94 bits per heavy atom. The second-order valence-electron chi connectivity index (χ2n) is 3.31. The monoisotopic (exact) mass is 230 g/mol. The highest BCUT2D eigenvalue weighted by Gasteiger charge is 2.20. The highest BCUT2D eigenvalue weighted by molar-refractivity contribution is 5.98. The quantitative estimate of drug-likeness (QED) is 0.518. The third kappa shape index (κ3) is 4.74. The van der Waals surface area contributed by atoms with Crippen LogP contribution in [0.25, 0.3) is 0 Å². The molecular weight excluding hydrogens is 214 g/mol. The molecule has 0 rings (SSSR count). The van der Waals surface area contributed by atoms with E-state index in [0.29, 0.717) is 0 Å². The first-order chi connectivity index (χ1) is 7.40. The fourth-order valence-corrected chi connectivity index (χ4v) is 0.982. The van der Waals surface area contributed by atoms with Gasteiger partial charge >= 0.3 is 6.03 Å². The summed E-state index contributed by atoms with van der Waals surface area (Å²) in [5.74, 6) is -1.65. The summed E-state index contributed by atoms with van der Waals surface area (Å²) < 4.78 is 0. The van der Waals surface area contributed by atoms with Crippen molar-refractivity contribution in [1.29, 1.82) is 0 Å². The van der Waals surface area contributed by atoms with Gasteiger partial charge in [0.2, 0.25) is 11.8 Å². The number of carbonyl (C=O) groups is 3. The molecule has 0 aromatic carbocycles. The van der Waals surface area contributed by atoms with E-state index < -0.39 is 30.4 Å². The van der Waals surface area contributed by atoms with Crippen molar-refractivity contribution in [3.05, 3.63) is 6.42 Å². The number of urea groups is 1. The molecule has 0 aromatic rings. The van der Waals surface area contributed by atoms with E-state index in [4.69, 9.17) is 16.6 Å². The molecule has 0 saturated heterocycles. The van der Waals surface area contributed by atoms with Gasteiger partial charge in [0.25, 0.3) is 0 Å². The molecule has 1 unspecified atom stereocenters. The summed E-state index contributed by atoms with van der Waals surface area (Å²) in [5, 5.41) is 8.50. The Bertz CT molecular complexity index is 280. The van der Waals surface area contributed by atoms with Crippen molar-refractivity contribution in [3.8, 4) is 0 Å². The molecule has 1 atom stereocenters. The number of hydrogen-bond acceptors (Lipinski definition) is 4. The smallest absolute Gasteiger partial charge is 0.321 e. The molecule has 0 aliphatic rings. The van der Waals surface area contributed by atoms with E-state index in [1.165, 1.54) is 0 Å². The van der Waals surface area contributed by atoms with Crippen molar-refractivity contribution < 1.29 is 19.5 Å². The molecule has 0 saturated carbocycles. The summed E-state index contributed by atoms with van der Waals surface area (Å²) in [6.45, 7) is 1.10. The number of primary amides is 2. The summed E-state index contributed by atoms with van der Waals surface area (Å²) in [7, 11) is 0. The van der Waals surface area contributed by atoms with Gasteiger partial charge in [0, 0.05) is 12.5 Å². The van der Waals surface area contributed by atoms with Gasteiger partial charge in [-0.15, -0.1) is 0 Å². The van der Waals surface area contributed by atoms with E-state index in [0.717, 1.165) is 11.3 Å². The van der Waals surface area contributed by atoms with Crippen molar-refractivity contribution in [3.63, 3.8) is 0 Å². The number of amides is 4. The lowest BCUT2D eigenvalue weighted by Gasteiger charge is -2.19. The van der Waals surface area contributed by atoms with Crippen LogP contribution < -0.4 is 11.5 Å². The Morgan fingerprint density at radius 1 is 1.38 bits per heavy atom. The van der Waals surface area contributed by atoms with Crippen LogP contribution in [-0.4, -0.2) is 41.0 Å². The predicted molar refractivity (Wildman–Crippen MR) is 55.7 cm³/mol. The molecule has 4 amide bonds. The van der Waals surface area contributed by atoms with E-state index in [1.54, 1.807) is 6.92 Å². The van der Waals surface area contributed by atoms with Crippen LogP contribution in [-0.2, 0) is 9.59 Å². The lowest BCUT2D eigenvalue weighted by molar-refractivity contribution is -0.126. The van der Waals surface area contributed by atoms with E-state index in [-0.39, 0.29) is 13.0 Å². The summed E-state index contributed by atoms with van der Waals surface area (Å²) in [6.07, 6.45) is 1.16. The molecule has 16 heavy (non-hydrogen) atoms. The molecule has 5 N–H and O–H groups in total. The van der Waals surface area contributed by atoms with Gasteiger partial charge < -0.3 is 16.6 Å². The fourth-order valence-electron chi connectivity index (χ4n) is 0.982. The second kappa shape index (κ2) is 6.78. The summed E-state index contributed by atoms with van der Waals surface area (Å²) in [6, 6.07) is -0.925. The molecule has 1 radical (unpaired) electrons. The fraction of sp³-hybridized carbons (Fsp3) is 0.556. The lowest BCUT2D eigenvalue weighted by atomic mass is 10.1. The molecule has 0 fully saturated rings. The molecule has 7 heteroatoms. The Kier molecular flexibility index (Phi) is 6.09. The highest BCUT2D eigenvalue weighted by atomic mass is 16.3. The van der Waals surface area contributed by atoms with Gasteiger partial charge in [-0.3, -0.25) is 14.5 Å². The number of nitrogens with zero attached hydrogens (tertiary/aromatic N) is 1. The number of nitrogens with two attached hydrogens (primary N) is 2. The van der Waals surface area contributed by atoms with E-state index in [1.807, 2.05) is 0 Å². The van der Waals surface area contributed by atoms with Gasteiger partial charge in [-0.1, -0.05) is 6.92 Å². The Morgan fingerprint density at radius 3 is 2.31 bits per heavy atom. The predicted octanol–water partition coefficient (Wildman–Crippen LogP) is -1.40. The Hall–Kier alpha value is -1.63. The van der Waals surface area contributed by atoms with Gasteiger partial charge in [0.15, 0.2) is 0 Å². The first-order valence-electron chi connectivity index (χ1n) is 4.74. The van der Waals surface area contributed by atoms with Crippen LogP contribution in [0.1, 0.15) is 13.3 Å². The zero-order chi connectivity index (χ0) is 12.7. The van der Waals surface area contributed by atoms with E-state index in [9.17, 15) is 14.4 Å². The van der Waals surface area contributed by atoms with Crippen LogP contribution in [0.3, 0.4) is 0 Å². The Balaban J connectivity index is 4.30. The number of carbonyl (C=O) groups excluding carboxylic acids is 3. The lowest BCUT2D eigenvalue weighted by Crippen LogP contribution is -2.42. The van der Waals surface area contributed by atoms with Gasteiger partial charge in [-0.25, -0.2) is 4.79 Å². The van der Waals surface area contributed by atoms with Gasteiger partial charge in [0.1, 0.15) is 0 Å². The van der Waals surface area contributed by atoms with Crippen molar-refractivity contribution >= 4 is 17.8 Å². The molecular formula is C9H16N3O4.